The Hall–Kier alpha value is -1.99. The molecule has 6 nitrogen and oxygen atoms in total. The summed E-state index contributed by atoms with van der Waals surface area (Å²) in [5.41, 5.74) is 1.23. The highest BCUT2D eigenvalue weighted by molar-refractivity contribution is 9.10. The second-order valence-electron chi connectivity index (χ2n) is 4.82. The van der Waals surface area contributed by atoms with Crippen molar-refractivity contribution in [3.8, 4) is 11.3 Å². The molecule has 2 heterocycles. The summed E-state index contributed by atoms with van der Waals surface area (Å²) in [4.78, 5) is 22.2. The number of carboxylic acids is 1. The van der Waals surface area contributed by atoms with Crippen LogP contribution in [0, 0.1) is 0 Å². The first kappa shape index (κ1) is 14.9. The summed E-state index contributed by atoms with van der Waals surface area (Å²) in [7, 11) is 0. The summed E-state index contributed by atoms with van der Waals surface area (Å²) < 4.78 is 6.11. The average Bonchev–Trinajstić information content (AvgIpc) is 2.55. The Morgan fingerprint density at radius 3 is 2.68 bits per heavy atom. The number of morpholine rings is 1. The SMILES string of the molecule is O=C(O)c1cnc(N2CCOCC2)nc1-c1ccccc1Br. The van der Waals surface area contributed by atoms with Gasteiger partial charge < -0.3 is 14.7 Å². The predicted molar refractivity (Wildman–Crippen MR) is 85.2 cm³/mol. The Kier molecular flexibility index (Phi) is 4.35. The third-order valence-corrected chi connectivity index (χ3v) is 4.12. The Morgan fingerprint density at radius 2 is 2.00 bits per heavy atom. The number of ether oxygens (including phenoxy) is 1. The zero-order valence-electron chi connectivity index (χ0n) is 11.7. The molecule has 0 atom stereocenters. The number of benzene rings is 1. The quantitative estimate of drug-likeness (QED) is 0.902. The molecule has 1 aliphatic rings. The van der Waals surface area contributed by atoms with E-state index in [2.05, 4.69) is 25.9 Å². The normalized spacial score (nSPS) is 14.9. The highest BCUT2D eigenvalue weighted by Gasteiger charge is 2.20. The lowest BCUT2D eigenvalue weighted by Gasteiger charge is -2.27. The third-order valence-electron chi connectivity index (χ3n) is 3.43. The number of carboxylic acid groups (broad SMARTS) is 1. The van der Waals surface area contributed by atoms with E-state index in [4.69, 9.17) is 4.74 Å². The molecule has 1 aliphatic heterocycles. The molecular weight excluding hydrogens is 350 g/mol. The smallest absolute Gasteiger partial charge is 0.339 e. The van der Waals surface area contributed by atoms with Crippen LogP contribution in [0.1, 0.15) is 10.4 Å². The molecule has 3 rings (SSSR count). The first-order valence-electron chi connectivity index (χ1n) is 6.85. The van der Waals surface area contributed by atoms with Gasteiger partial charge in [0.15, 0.2) is 0 Å². The first-order valence-corrected chi connectivity index (χ1v) is 7.64. The number of anilines is 1. The zero-order valence-corrected chi connectivity index (χ0v) is 13.3. The van der Waals surface area contributed by atoms with Gasteiger partial charge in [0.05, 0.1) is 18.9 Å². The molecule has 0 spiro atoms. The highest BCUT2D eigenvalue weighted by atomic mass is 79.9. The van der Waals surface area contributed by atoms with Crippen LogP contribution in [0.15, 0.2) is 34.9 Å². The van der Waals surface area contributed by atoms with Gasteiger partial charge in [-0.3, -0.25) is 0 Å². The molecule has 0 amide bonds. The van der Waals surface area contributed by atoms with Crippen molar-refractivity contribution < 1.29 is 14.6 Å². The maximum absolute atomic E-state index is 11.5. The van der Waals surface area contributed by atoms with Crippen LogP contribution in [-0.4, -0.2) is 47.3 Å². The Morgan fingerprint density at radius 1 is 1.27 bits per heavy atom. The lowest BCUT2D eigenvalue weighted by Crippen LogP contribution is -2.37. The molecule has 0 unspecified atom stereocenters. The van der Waals surface area contributed by atoms with Crippen LogP contribution < -0.4 is 4.90 Å². The van der Waals surface area contributed by atoms with Gasteiger partial charge in [0.2, 0.25) is 5.95 Å². The van der Waals surface area contributed by atoms with Crippen LogP contribution in [-0.2, 0) is 4.74 Å². The van der Waals surface area contributed by atoms with Gasteiger partial charge >= 0.3 is 5.97 Å². The molecule has 1 saturated heterocycles. The van der Waals surface area contributed by atoms with Crippen LogP contribution in [0.2, 0.25) is 0 Å². The van der Waals surface area contributed by atoms with Crippen LogP contribution in [0.3, 0.4) is 0 Å². The minimum atomic E-state index is -1.04. The maximum atomic E-state index is 11.5. The maximum Gasteiger partial charge on any atom is 0.339 e. The molecule has 0 aliphatic carbocycles. The van der Waals surface area contributed by atoms with Crippen molar-refractivity contribution in [1.82, 2.24) is 9.97 Å². The highest BCUT2D eigenvalue weighted by Crippen LogP contribution is 2.30. The van der Waals surface area contributed by atoms with Gasteiger partial charge in [-0.1, -0.05) is 34.1 Å². The molecule has 22 heavy (non-hydrogen) atoms. The van der Waals surface area contributed by atoms with Crippen LogP contribution in [0.25, 0.3) is 11.3 Å². The van der Waals surface area contributed by atoms with E-state index in [1.165, 1.54) is 6.20 Å². The van der Waals surface area contributed by atoms with Crippen LogP contribution in [0.4, 0.5) is 5.95 Å². The molecule has 1 aromatic carbocycles. The minimum absolute atomic E-state index is 0.0870. The second-order valence-corrected chi connectivity index (χ2v) is 5.67. The van der Waals surface area contributed by atoms with Crippen molar-refractivity contribution in [2.24, 2.45) is 0 Å². The van der Waals surface area contributed by atoms with Crippen molar-refractivity contribution in [2.45, 2.75) is 0 Å². The van der Waals surface area contributed by atoms with E-state index >= 15 is 0 Å². The Labute approximate surface area is 135 Å². The molecular formula is C15H14BrN3O3. The van der Waals surface area contributed by atoms with E-state index in [1.807, 2.05) is 29.2 Å². The molecule has 1 N–H and O–H groups in total. The van der Waals surface area contributed by atoms with Gasteiger partial charge in [-0.05, 0) is 6.07 Å². The van der Waals surface area contributed by atoms with Gasteiger partial charge in [-0.2, -0.15) is 0 Å². The summed E-state index contributed by atoms with van der Waals surface area (Å²) >= 11 is 3.45. The fourth-order valence-corrected chi connectivity index (χ4v) is 2.78. The molecule has 1 fully saturated rings. The van der Waals surface area contributed by atoms with Crippen molar-refractivity contribution >= 4 is 27.8 Å². The fraction of sp³-hybridized carbons (Fsp3) is 0.267. The van der Waals surface area contributed by atoms with E-state index < -0.39 is 5.97 Å². The van der Waals surface area contributed by atoms with Gasteiger partial charge in [0.25, 0.3) is 0 Å². The summed E-state index contributed by atoms with van der Waals surface area (Å²) in [6.45, 7) is 2.63. The molecule has 1 aromatic heterocycles. The van der Waals surface area contributed by atoms with Crippen LogP contribution >= 0.6 is 15.9 Å². The monoisotopic (exact) mass is 363 g/mol. The predicted octanol–water partition coefficient (Wildman–Crippen LogP) is 2.44. The minimum Gasteiger partial charge on any atom is -0.478 e. The van der Waals surface area contributed by atoms with E-state index in [0.29, 0.717) is 37.9 Å². The fourth-order valence-electron chi connectivity index (χ4n) is 2.30. The summed E-state index contributed by atoms with van der Waals surface area (Å²) in [6, 6.07) is 7.42. The summed E-state index contributed by atoms with van der Waals surface area (Å²) in [6.07, 6.45) is 1.37. The number of hydrogen-bond acceptors (Lipinski definition) is 5. The number of rotatable bonds is 3. The number of aromatic carboxylic acids is 1. The Bertz CT molecular complexity index is 702. The van der Waals surface area contributed by atoms with Crippen LogP contribution in [0.5, 0.6) is 0 Å². The topological polar surface area (TPSA) is 75.5 Å². The van der Waals surface area contributed by atoms with Crippen molar-refractivity contribution in [1.29, 1.82) is 0 Å². The van der Waals surface area contributed by atoms with E-state index in [-0.39, 0.29) is 5.56 Å². The molecule has 0 bridgehead atoms. The molecule has 7 heteroatoms. The zero-order chi connectivity index (χ0) is 15.5. The molecule has 0 radical (unpaired) electrons. The van der Waals surface area contributed by atoms with E-state index in [9.17, 15) is 9.90 Å². The molecule has 0 saturated carbocycles. The lowest BCUT2D eigenvalue weighted by atomic mass is 10.1. The first-order chi connectivity index (χ1) is 10.7. The number of carbonyl (C=O) groups is 1. The van der Waals surface area contributed by atoms with Crippen molar-refractivity contribution in [3.05, 3.63) is 40.5 Å². The number of aromatic nitrogens is 2. The van der Waals surface area contributed by atoms with Gasteiger partial charge in [0.1, 0.15) is 5.56 Å². The van der Waals surface area contributed by atoms with E-state index in [0.717, 1.165) is 10.0 Å². The second kappa shape index (κ2) is 6.41. The van der Waals surface area contributed by atoms with Gasteiger partial charge in [-0.15, -0.1) is 0 Å². The number of halogens is 1. The number of nitrogens with zero attached hydrogens (tertiary/aromatic N) is 3. The van der Waals surface area contributed by atoms with Gasteiger partial charge in [-0.25, -0.2) is 14.8 Å². The molecule has 2 aromatic rings. The standard InChI is InChI=1S/C15H14BrN3O3/c16-12-4-2-1-3-10(12)13-11(14(20)21)9-17-15(18-13)19-5-7-22-8-6-19/h1-4,9H,5-8H2,(H,20,21). The lowest BCUT2D eigenvalue weighted by molar-refractivity contribution is 0.0697. The summed E-state index contributed by atoms with van der Waals surface area (Å²) in [5, 5.41) is 9.39. The summed E-state index contributed by atoms with van der Waals surface area (Å²) in [5.74, 6) is -0.515. The Balaban J connectivity index is 2.09. The largest absolute Gasteiger partial charge is 0.478 e. The van der Waals surface area contributed by atoms with Crippen molar-refractivity contribution in [2.75, 3.05) is 31.2 Å². The van der Waals surface area contributed by atoms with Gasteiger partial charge in [0, 0.05) is 29.3 Å². The number of hydrogen-bond donors (Lipinski definition) is 1. The molecule has 114 valence electrons. The third kappa shape index (κ3) is 2.95. The van der Waals surface area contributed by atoms with E-state index in [1.54, 1.807) is 0 Å². The average molecular weight is 364 g/mol. The van der Waals surface area contributed by atoms with Crippen molar-refractivity contribution in [3.63, 3.8) is 0 Å².